The Bertz CT molecular complexity index is 1280. The lowest BCUT2D eigenvalue weighted by atomic mass is 9.84. The van der Waals surface area contributed by atoms with E-state index in [1.165, 1.54) is 11.1 Å². The van der Waals surface area contributed by atoms with Crippen LogP contribution >= 0.6 is 0 Å². The molecule has 2 bridgehead atoms. The average Bonchev–Trinajstić information content (AvgIpc) is 3.02. The van der Waals surface area contributed by atoms with Gasteiger partial charge in [0, 0.05) is 6.54 Å². The van der Waals surface area contributed by atoms with E-state index in [-0.39, 0.29) is 30.4 Å². The molecule has 4 aromatic rings. The fourth-order valence-corrected chi connectivity index (χ4v) is 5.87. The van der Waals surface area contributed by atoms with Gasteiger partial charge in [0.2, 0.25) is 0 Å². The molecule has 2 unspecified atom stereocenters. The number of morpholine rings is 1. The van der Waals surface area contributed by atoms with E-state index < -0.39 is 0 Å². The van der Waals surface area contributed by atoms with E-state index in [4.69, 9.17) is 18.9 Å². The van der Waals surface area contributed by atoms with Crippen LogP contribution in [-0.2, 0) is 45.3 Å². The average molecular weight is 536 g/mol. The van der Waals surface area contributed by atoms with E-state index in [1.54, 1.807) is 0 Å². The summed E-state index contributed by atoms with van der Waals surface area (Å²) < 4.78 is 26.2. The highest BCUT2D eigenvalue weighted by Gasteiger charge is 2.55. The van der Waals surface area contributed by atoms with E-state index in [0.29, 0.717) is 33.0 Å². The maximum absolute atomic E-state index is 6.71. The molecule has 206 valence electrons. The summed E-state index contributed by atoms with van der Waals surface area (Å²) in [6.45, 7) is 3.59. The quantitative estimate of drug-likeness (QED) is 0.222. The molecule has 0 spiro atoms. The number of rotatable bonds is 12. The van der Waals surface area contributed by atoms with Gasteiger partial charge in [-0.25, -0.2) is 0 Å². The zero-order chi connectivity index (χ0) is 27.0. The molecule has 4 aromatic carbocycles. The van der Waals surface area contributed by atoms with E-state index in [2.05, 4.69) is 83.8 Å². The standard InChI is InChI=1S/C35H37NO4/c1-5-13-27(14-6-1)21-36-31(25-37-22-28-15-7-2-8-16-28)33-35(39-24-30-19-11-4-12-20-30)34(32(36)26-40-33)38-23-29-17-9-3-10-18-29/h1-20,31-35H,21-26H2/t31-,32?,33?,34-,35-/m0/s1. The molecule has 0 N–H and O–H groups in total. The van der Waals surface area contributed by atoms with Gasteiger partial charge < -0.3 is 18.9 Å². The SMILES string of the molecule is c1ccc(COC[C@H]2C3OCC([C@H](OCc4ccccc4)[C@H]3OCc3ccccc3)N2Cc2ccccc2)cc1. The third kappa shape index (κ3) is 6.52. The third-order valence-electron chi connectivity index (χ3n) is 7.90. The number of benzene rings is 4. The Morgan fingerprint density at radius 3 is 1.60 bits per heavy atom. The second-order valence-corrected chi connectivity index (χ2v) is 10.6. The molecule has 5 atom stereocenters. The zero-order valence-electron chi connectivity index (χ0n) is 22.8. The van der Waals surface area contributed by atoms with Crippen molar-refractivity contribution in [3.63, 3.8) is 0 Å². The minimum absolute atomic E-state index is 0.0417. The van der Waals surface area contributed by atoms with Crippen LogP contribution < -0.4 is 0 Å². The van der Waals surface area contributed by atoms with Crippen LogP contribution in [0.25, 0.3) is 0 Å². The summed E-state index contributed by atoms with van der Waals surface area (Å²) in [6.07, 6.45) is -0.509. The highest BCUT2D eigenvalue weighted by molar-refractivity contribution is 5.19. The van der Waals surface area contributed by atoms with Gasteiger partial charge in [0.05, 0.1) is 45.1 Å². The summed E-state index contributed by atoms with van der Waals surface area (Å²) in [5.41, 5.74) is 4.74. The number of hydrogen-bond donors (Lipinski definition) is 0. The summed E-state index contributed by atoms with van der Waals surface area (Å²) in [5, 5.41) is 0. The molecule has 0 saturated carbocycles. The largest absolute Gasteiger partial charge is 0.375 e. The molecule has 0 aromatic heterocycles. The Morgan fingerprint density at radius 1 is 0.575 bits per heavy atom. The van der Waals surface area contributed by atoms with E-state index in [1.807, 2.05) is 42.5 Å². The first-order valence-corrected chi connectivity index (χ1v) is 14.2. The highest BCUT2D eigenvalue weighted by atomic mass is 16.6. The minimum atomic E-state index is -0.208. The highest BCUT2D eigenvalue weighted by Crippen LogP contribution is 2.38. The summed E-state index contributed by atoms with van der Waals surface area (Å²) >= 11 is 0. The van der Waals surface area contributed by atoms with Gasteiger partial charge in [0.1, 0.15) is 18.3 Å². The maximum Gasteiger partial charge on any atom is 0.113 e. The van der Waals surface area contributed by atoms with Gasteiger partial charge in [-0.1, -0.05) is 121 Å². The third-order valence-corrected chi connectivity index (χ3v) is 7.90. The van der Waals surface area contributed by atoms with Crippen molar-refractivity contribution in [2.24, 2.45) is 0 Å². The summed E-state index contributed by atoms with van der Waals surface area (Å²) in [4.78, 5) is 2.53. The van der Waals surface area contributed by atoms with Crippen molar-refractivity contribution in [1.82, 2.24) is 4.90 Å². The zero-order valence-corrected chi connectivity index (χ0v) is 22.8. The van der Waals surface area contributed by atoms with Crippen LogP contribution in [0.1, 0.15) is 22.3 Å². The van der Waals surface area contributed by atoms with Gasteiger partial charge in [0.15, 0.2) is 0 Å². The number of nitrogens with zero attached hydrogens (tertiary/aromatic N) is 1. The van der Waals surface area contributed by atoms with Gasteiger partial charge in [-0.3, -0.25) is 4.90 Å². The molecule has 3 aliphatic rings. The Kier molecular flexibility index (Phi) is 8.98. The molecule has 0 aliphatic carbocycles. The first kappa shape index (κ1) is 26.9. The number of hydrogen-bond acceptors (Lipinski definition) is 5. The van der Waals surface area contributed by atoms with Crippen molar-refractivity contribution < 1.29 is 18.9 Å². The van der Waals surface area contributed by atoms with Crippen LogP contribution in [0.15, 0.2) is 121 Å². The molecule has 5 heteroatoms. The van der Waals surface area contributed by atoms with Crippen LogP contribution in [-0.4, -0.2) is 48.5 Å². The van der Waals surface area contributed by atoms with Crippen molar-refractivity contribution in [2.75, 3.05) is 13.2 Å². The van der Waals surface area contributed by atoms with Gasteiger partial charge in [-0.2, -0.15) is 0 Å². The van der Waals surface area contributed by atoms with Crippen molar-refractivity contribution >= 4 is 0 Å². The predicted molar refractivity (Wildman–Crippen MR) is 155 cm³/mol. The summed E-state index contributed by atoms with van der Waals surface area (Å²) in [6, 6.07) is 41.8. The molecule has 7 rings (SSSR count). The number of fused-ring (bicyclic) bond motifs is 3. The molecule has 3 heterocycles. The van der Waals surface area contributed by atoms with Crippen molar-refractivity contribution in [2.45, 2.75) is 56.8 Å². The normalized spacial score (nSPS) is 24.2. The van der Waals surface area contributed by atoms with E-state index in [0.717, 1.165) is 17.7 Å². The molecule has 0 radical (unpaired) electrons. The molecule has 5 nitrogen and oxygen atoms in total. The van der Waals surface area contributed by atoms with E-state index >= 15 is 0 Å². The summed E-state index contributed by atoms with van der Waals surface area (Å²) in [7, 11) is 0. The molecule has 3 fully saturated rings. The van der Waals surface area contributed by atoms with Gasteiger partial charge >= 0.3 is 0 Å². The second-order valence-electron chi connectivity index (χ2n) is 10.6. The Hall–Kier alpha value is -3.32. The van der Waals surface area contributed by atoms with Crippen LogP contribution in [0, 0.1) is 0 Å². The van der Waals surface area contributed by atoms with Crippen molar-refractivity contribution in [3.05, 3.63) is 144 Å². The lowest BCUT2D eigenvalue weighted by molar-refractivity contribution is -0.277. The molecule has 3 saturated heterocycles. The van der Waals surface area contributed by atoms with Crippen molar-refractivity contribution in [3.8, 4) is 0 Å². The Morgan fingerprint density at radius 2 is 1.05 bits per heavy atom. The number of piperidine rings is 1. The van der Waals surface area contributed by atoms with Crippen LogP contribution in [0.3, 0.4) is 0 Å². The molecule has 3 aliphatic heterocycles. The minimum Gasteiger partial charge on any atom is -0.375 e. The van der Waals surface area contributed by atoms with Crippen LogP contribution in [0.5, 0.6) is 0 Å². The monoisotopic (exact) mass is 535 g/mol. The molecular formula is C35H37NO4. The Labute approximate surface area is 237 Å². The van der Waals surface area contributed by atoms with Gasteiger partial charge in [-0.15, -0.1) is 0 Å². The lowest BCUT2D eigenvalue weighted by Crippen LogP contribution is -2.74. The maximum atomic E-state index is 6.71. The van der Waals surface area contributed by atoms with Crippen molar-refractivity contribution in [1.29, 1.82) is 0 Å². The molecular weight excluding hydrogens is 498 g/mol. The second kappa shape index (κ2) is 13.4. The van der Waals surface area contributed by atoms with Crippen LogP contribution in [0.4, 0.5) is 0 Å². The van der Waals surface area contributed by atoms with Crippen LogP contribution in [0.2, 0.25) is 0 Å². The topological polar surface area (TPSA) is 40.2 Å². The van der Waals surface area contributed by atoms with E-state index in [9.17, 15) is 0 Å². The number of ether oxygens (including phenoxy) is 4. The fourth-order valence-electron chi connectivity index (χ4n) is 5.87. The first-order valence-electron chi connectivity index (χ1n) is 14.2. The summed E-state index contributed by atoms with van der Waals surface area (Å²) in [5.74, 6) is 0. The Balaban J connectivity index is 1.25. The molecule has 0 amide bonds. The van der Waals surface area contributed by atoms with Gasteiger partial charge in [-0.05, 0) is 22.3 Å². The predicted octanol–water partition coefficient (Wildman–Crippen LogP) is 6.03. The first-order chi connectivity index (χ1) is 19.8. The van der Waals surface area contributed by atoms with Gasteiger partial charge in [0.25, 0.3) is 0 Å². The fraction of sp³-hybridized carbons (Fsp3) is 0.314. The smallest absolute Gasteiger partial charge is 0.113 e. The lowest BCUT2D eigenvalue weighted by Gasteiger charge is -2.57. The molecule has 40 heavy (non-hydrogen) atoms.